The molecule has 0 amide bonds. The fraction of sp³-hybridized carbons (Fsp3) is 0.600. The maximum Gasteiger partial charge on any atom is 0.280 e. The second-order valence-corrected chi connectivity index (χ2v) is 7.88. The van der Waals surface area contributed by atoms with Crippen molar-refractivity contribution in [2.24, 2.45) is 5.92 Å². The highest BCUT2D eigenvalue weighted by Crippen LogP contribution is 2.32. The van der Waals surface area contributed by atoms with E-state index in [9.17, 15) is 13.5 Å². The molecule has 2 N–H and O–H groups in total. The summed E-state index contributed by atoms with van der Waals surface area (Å²) in [5.74, 6) is 0.385. The molecule has 116 valence electrons. The molecule has 21 heavy (non-hydrogen) atoms. The highest BCUT2D eigenvalue weighted by atomic mass is 32.2. The molecule has 1 heterocycles. The van der Waals surface area contributed by atoms with Gasteiger partial charge in [0.25, 0.3) is 10.2 Å². The van der Waals surface area contributed by atoms with Crippen molar-refractivity contribution in [3.8, 4) is 0 Å². The minimum absolute atomic E-state index is 0.385. The minimum atomic E-state index is -3.55. The lowest BCUT2D eigenvalue weighted by atomic mass is 10.0. The highest BCUT2D eigenvalue weighted by molar-refractivity contribution is 7.87. The Morgan fingerprint density at radius 2 is 2.10 bits per heavy atom. The van der Waals surface area contributed by atoms with Crippen LogP contribution in [-0.2, 0) is 16.6 Å². The Bertz CT molecular complexity index is 617. The first kappa shape index (κ1) is 15.0. The van der Waals surface area contributed by atoms with Crippen LogP contribution in [0.4, 0.5) is 0 Å². The van der Waals surface area contributed by atoms with Gasteiger partial charge >= 0.3 is 0 Å². The Morgan fingerprint density at radius 1 is 1.33 bits per heavy atom. The van der Waals surface area contributed by atoms with Crippen molar-refractivity contribution < 1.29 is 13.5 Å². The fourth-order valence-corrected chi connectivity index (χ4v) is 4.89. The average molecular weight is 310 g/mol. The molecular formula is C15H22N2O3S. The molecule has 6 heteroatoms. The van der Waals surface area contributed by atoms with Crippen molar-refractivity contribution >= 4 is 10.2 Å². The maximum atomic E-state index is 12.5. The first-order chi connectivity index (χ1) is 9.97. The smallest absolute Gasteiger partial charge is 0.280 e. The zero-order valence-electron chi connectivity index (χ0n) is 12.2. The van der Waals surface area contributed by atoms with Gasteiger partial charge in [0.2, 0.25) is 0 Å². The topological polar surface area (TPSA) is 69.6 Å². The molecule has 0 saturated carbocycles. The second-order valence-electron chi connectivity index (χ2n) is 6.18. The van der Waals surface area contributed by atoms with E-state index in [1.807, 2.05) is 24.3 Å². The molecule has 3 atom stereocenters. The van der Waals surface area contributed by atoms with Gasteiger partial charge < -0.3 is 5.11 Å². The van der Waals surface area contributed by atoms with E-state index in [2.05, 4.69) is 11.6 Å². The summed E-state index contributed by atoms with van der Waals surface area (Å²) >= 11 is 0. The van der Waals surface area contributed by atoms with E-state index in [1.54, 1.807) is 0 Å². The lowest BCUT2D eigenvalue weighted by Gasteiger charge is -2.31. The Kier molecular flexibility index (Phi) is 4.05. The zero-order chi connectivity index (χ0) is 15.0. The minimum Gasteiger partial charge on any atom is -0.391 e. The van der Waals surface area contributed by atoms with Crippen molar-refractivity contribution in [2.75, 3.05) is 13.1 Å². The van der Waals surface area contributed by atoms with Crippen LogP contribution in [0.5, 0.6) is 0 Å². The van der Waals surface area contributed by atoms with Crippen LogP contribution in [0.15, 0.2) is 24.3 Å². The number of fused-ring (bicyclic) bond motifs is 1. The Hall–Kier alpha value is -0.950. The van der Waals surface area contributed by atoms with E-state index >= 15 is 0 Å². The van der Waals surface area contributed by atoms with E-state index in [-0.39, 0.29) is 0 Å². The monoisotopic (exact) mass is 310 g/mol. The first-order valence-electron chi connectivity index (χ1n) is 7.50. The van der Waals surface area contributed by atoms with Gasteiger partial charge in [-0.05, 0) is 29.9 Å². The lowest BCUT2D eigenvalue weighted by molar-refractivity contribution is 0.149. The van der Waals surface area contributed by atoms with Gasteiger partial charge in [-0.2, -0.15) is 17.4 Å². The van der Waals surface area contributed by atoms with Gasteiger partial charge in [-0.15, -0.1) is 0 Å². The summed E-state index contributed by atoms with van der Waals surface area (Å²) in [6, 6.07) is 7.08. The standard InChI is InChI=1S/C15H22N2O3S/c1-11-5-4-8-17(10-11)21(19,20)16-15-13-7-3-2-6-12(13)9-14(15)18/h2-3,6-7,11,14-16,18H,4-5,8-10H2,1H3/t11?,14-,15+/m1/s1. The quantitative estimate of drug-likeness (QED) is 0.882. The van der Waals surface area contributed by atoms with Crippen LogP contribution < -0.4 is 4.72 Å². The molecule has 2 aliphatic rings. The molecule has 1 fully saturated rings. The molecule has 3 rings (SSSR count). The summed E-state index contributed by atoms with van der Waals surface area (Å²) < 4.78 is 29.3. The third kappa shape index (κ3) is 2.99. The van der Waals surface area contributed by atoms with Crippen LogP contribution in [0, 0.1) is 5.92 Å². The summed E-state index contributed by atoms with van der Waals surface area (Å²) in [5, 5.41) is 10.2. The average Bonchev–Trinajstić information content (AvgIpc) is 2.75. The molecule has 0 radical (unpaired) electrons. The predicted molar refractivity (Wildman–Crippen MR) is 80.9 cm³/mol. The Labute approximate surface area is 126 Å². The molecule has 1 unspecified atom stereocenters. The zero-order valence-corrected chi connectivity index (χ0v) is 13.0. The molecule has 0 bridgehead atoms. The van der Waals surface area contributed by atoms with Gasteiger partial charge in [-0.3, -0.25) is 0 Å². The summed E-state index contributed by atoms with van der Waals surface area (Å²) in [6.07, 6.45) is 1.77. The van der Waals surface area contributed by atoms with Crippen molar-refractivity contribution in [3.63, 3.8) is 0 Å². The number of aliphatic hydroxyl groups excluding tert-OH is 1. The van der Waals surface area contributed by atoms with E-state index in [4.69, 9.17) is 0 Å². The largest absolute Gasteiger partial charge is 0.391 e. The number of hydrogen-bond donors (Lipinski definition) is 2. The van der Waals surface area contributed by atoms with Crippen LogP contribution in [0.25, 0.3) is 0 Å². The van der Waals surface area contributed by atoms with Gasteiger partial charge in [0.1, 0.15) is 0 Å². The fourth-order valence-electron chi connectivity index (χ4n) is 3.32. The predicted octanol–water partition coefficient (Wildman–Crippen LogP) is 1.21. The van der Waals surface area contributed by atoms with Crippen molar-refractivity contribution in [2.45, 2.75) is 38.3 Å². The van der Waals surface area contributed by atoms with Gasteiger partial charge in [0.15, 0.2) is 0 Å². The van der Waals surface area contributed by atoms with Crippen LogP contribution in [-0.4, -0.2) is 37.0 Å². The van der Waals surface area contributed by atoms with Crippen LogP contribution in [0.3, 0.4) is 0 Å². The summed E-state index contributed by atoms with van der Waals surface area (Å²) in [4.78, 5) is 0. The normalized spacial score (nSPS) is 30.3. The van der Waals surface area contributed by atoms with Crippen LogP contribution in [0.1, 0.15) is 36.9 Å². The Balaban J connectivity index is 1.79. The molecular weight excluding hydrogens is 288 g/mol. The number of piperidine rings is 1. The van der Waals surface area contributed by atoms with Crippen LogP contribution in [0.2, 0.25) is 0 Å². The molecule has 1 aromatic rings. The summed E-state index contributed by atoms with van der Waals surface area (Å²) in [5.41, 5.74) is 1.91. The SMILES string of the molecule is CC1CCCN(S(=O)(=O)N[C@H]2c3ccccc3C[C@H]2O)C1. The maximum absolute atomic E-state index is 12.5. The molecule has 0 spiro atoms. The molecule has 1 aliphatic heterocycles. The highest BCUT2D eigenvalue weighted by Gasteiger charge is 2.36. The number of benzene rings is 1. The molecule has 0 aromatic heterocycles. The lowest BCUT2D eigenvalue weighted by Crippen LogP contribution is -2.47. The van der Waals surface area contributed by atoms with E-state index in [1.165, 1.54) is 4.31 Å². The van der Waals surface area contributed by atoms with Crippen molar-refractivity contribution in [1.82, 2.24) is 9.03 Å². The first-order valence-corrected chi connectivity index (χ1v) is 8.94. The molecule has 1 aromatic carbocycles. The second kappa shape index (κ2) is 5.68. The third-order valence-corrected chi connectivity index (χ3v) is 6.00. The van der Waals surface area contributed by atoms with Gasteiger partial charge in [-0.1, -0.05) is 31.2 Å². The summed E-state index contributed by atoms with van der Waals surface area (Å²) in [6.45, 7) is 3.19. The number of rotatable bonds is 3. The Morgan fingerprint density at radius 3 is 2.86 bits per heavy atom. The molecule has 5 nitrogen and oxygen atoms in total. The van der Waals surface area contributed by atoms with Crippen molar-refractivity contribution in [3.05, 3.63) is 35.4 Å². The number of nitrogens with zero attached hydrogens (tertiary/aromatic N) is 1. The van der Waals surface area contributed by atoms with Gasteiger partial charge in [0.05, 0.1) is 12.1 Å². The van der Waals surface area contributed by atoms with Gasteiger partial charge in [-0.25, -0.2) is 0 Å². The van der Waals surface area contributed by atoms with E-state index < -0.39 is 22.4 Å². The molecule has 1 aliphatic carbocycles. The summed E-state index contributed by atoms with van der Waals surface area (Å²) in [7, 11) is -3.55. The third-order valence-electron chi connectivity index (χ3n) is 4.44. The van der Waals surface area contributed by atoms with E-state index in [0.29, 0.717) is 25.4 Å². The van der Waals surface area contributed by atoms with Crippen molar-refractivity contribution in [1.29, 1.82) is 0 Å². The van der Waals surface area contributed by atoms with Crippen LogP contribution >= 0.6 is 0 Å². The molecule has 1 saturated heterocycles. The number of nitrogens with one attached hydrogen (secondary N) is 1. The number of aliphatic hydroxyl groups is 1. The van der Waals surface area contributed by atoms with E-state index in [0.717, 1.165) is 24.0 Å². The van der Waals surface area contributed by atoms with Gasteiger partial charge in [0, 0.05) is 19.5 Å². The number of hydrogen-bond acceptors (Lipinski definition) is 3.